The standard InChI is InChI=1S/C16H18O2S3/c17-21(18,13-11-19-15-7-3-1-4-8-15)14-12-20-16-9-5-2-6-10-16/h1-10H,11-14H2. The van der Waals surface area contributed by atoms with Crippen LogP contribution in [0.2, 0.25) is 0 Å². The first kappa shape index (κ1) is 16.5. The van der Waals surface area contributed by atoms with E-state index in [1.807, 2.05) is 60.7 Å². The van der Waals surface area contributed by atoms with E-state index in [4.69, 9.17) is 0 Å². The van der Waals surface area contributed by atoms with Crippen molar-refractivity contribution in [3.05, 3.63) is 60.7 Å². The van der Waals surface area contributed by atoms with E-state index >= 15 is 0 Å². The number of sulfone groups is 1. The summed E-state index contributed by atoms with van der Waals surface area (Å²) in [6.45, 7) is 0. The van der Waals surface area contributed by atoms with Crippen molar-refractivity contribution in [1.29, 1.82) is 0 Å². The summed E-state index contributed by atoms with van der Waals surface area (Å²) >= 11 is 3.18. The predicted molar refractivity (Wildman–Crippen MR) is 93.0 cm³/mol. The van der Waals surface area contributed by atoms with Crippen LogP contribution in [0, 0.1) is 0 Å². The molecule has 112 valence electrons. The highest BCUT2D eigenvalue weighted by Gasteiger charge is 2.10. The van der Waals surface area contributed by atoms with Crippen LogP contribution >= 0.6 is 23.5 Å². The van der Waals surface area contributed by atoms with Gasteiger partial charge in [-0.15, -0.1) is 23.5 Å². The number of thioether (sulfide) groups is 2. The molecule has 2 rings (SSSR count). The molecule has 0 aliphatic carbocycles. The van der Waals surface area contributed by atoms with Gasteiger partial charge in [0.15, 0.2) is 9.84 Å². The normalized spacial score (nSPS) is 11.4. The van der Waals surface area contributed by atoms with E-state index in [-0.39, 0.29) is 11.5 Å². The second-order valence-corrected chi connectivity index (χ2v) is 9.12. The third-order valence-corrected chi connectivity index (χ3v) is 7.01. The van der Waals surface area contributed by atoms with Crippen LogP contribution in [0.3, 0.4) is 0 Å². The summed E-state index contributed by atoms with van der Waals surface area (Å²) in [6, 6.07) is 19.8. The van der Waals surface area contributed by atoms with Gasteiger partial charge in [0.1, 0.15) is 0 Å². The van der Waals surface area contributed by atoms with Crippen LogP contribution in [0.4, 0.5) is 0 Å². The Balaban J connectivity index is 1.70. The van der Waals surface area contributed by atoms with Gasteiger partial charge in [0.05, 0.1) is 11.5 Å². The fourth-order valence-electron chi connectivity index (χ4n) is 1.71. The molecule has 0 N–H and O–H groups in total. The first-order valence-electron chi connectivity index (χ1n) is 6.72. The molecule has 0 aromatic heterocycles. The molecule has 0 saturated heterocycles. The van der Waals surface area contributed by atoms with Gasteiger partial charge in [0.2, 0.25) is 0 Å². The monoisotopic (exact) mass is 338 g/mol. The van der Waals surface area contributed by atoms with Crippen molar-refractivity contribution in [3.63, 3.8) is 0 Å². The molecule has 0 saturated carbocycles. The van der Waals surface area contributed by atoms with Gasteiger partial charge in [0, 0.05) is 21.3 Å². The zero-order valence-electron chi connectivity index (χ0n) is 11.6. The quantitative estimate of drug-likeness (QED) is 0.682. The third-order valence-electron chi connectivity index (χ3n) is 2.81. The molecule has 21 heavy (non-hydrogen) atoms. The van der Waals surface area contributed by atoms with E-state index in [9.17, 15) is 8.42 Å². The van der Waals surface area contributed by atoms with Crippen LogP contribution in [0.5, 0.6) is 0 Å². The van der Waals surface area contributed by atoms with Crippen LogP contribution in [0.1, 0.15) is 0 Å². The molecule has 0 amide bonds. The molecule has 0 bridgehead atoms. The van der Waals surface area contributed by atoms with Crippen molar-refractivity contribution in [3.8, 4) is 0 Å². The van der Waals surface area contributed by atoms with Crippen LogP contribution < -0.4 is 0 Å². The SMILES string of the molecule is O=S(=O)(CCSc1ccccc1)CCSc1ccccc1. The predicted octanol–water partition coefficient (Wildman–Crippen LogP) is 3.99. The van der Waals surface area contributed by atoms with Crippen molar-refractivity contribution in [1.82, 2.24) is 0 Å². The molecule has 0 heterocycles. The lowest BCUT2D eigenvalue weighted by Crippen LogP contribution is -2.14. The fourth-order valence-corrected chi connectivity index (χ4v) is 5.78. The molecular formula is C16H18O2S3. The molecule has 5 heteroatoms. The second-order valence-electron chi connectivity index (χ2n) is 4.47. The highest BCUT2D eigenvalue weighted by molar-refractivity contribution is 8.02. The fraction of sp³-hybridized carbons (Fsp3) is 0.250. The van der Waals surface area contributed by atoms with Crippen molar-refractivity contribution in [2.24, 2.45) is 0 Å². The van der Waals surface area contributed by atoms with Gasteiger partial charge in [-0.05, 0) is 24.3 Å². The number of hydrogen-bond donors (Lipinski definition) is 0. The lowest BCUT2D eigenvalue weighted by Gasteiger charge is -2.05. The summed E-state index contributed by atoms with van der Waals surface area (Å²) in [5, 5.41) is 0. The van der Waals surface area contributed by atoms with E-state index in [1.54, 1.807) is 23.5 Å². The minimum absolute atomic E-state index is 0.238. The Morgan fingerprint density at radius 1 is 0.667 bits per heavy atom. The molecule has 0 radical (unpaired) electrons. The average molecular weight is 339 g/mol. The molecule has 0 spiro atoms. The van der Waals surface area contributed by atoms with Crippen molar-refractivity contribution >= 4 is 33.4 Å². The van der Waals surface area contributed by atoms with Gasteiger partial charge in [0.25, 0.3) is 0 Å². The van der Waals surface area contributed by atoms with E-state index in [2.05, 4.69) is 0 Å². The number of benzene rings is 2. The first-order valence-corrected chi connectivity index (χ1v) is 10.5. The Bertz CT molecular complexity index is 574. The van der Waals surface area contributed by atoms with Gasteiger partial charge in [-0.1, -0.05) is 36.4 Å². The zero-order valence-corrected chi connectivity index (χ0v) is 14.1. The lowest BCUT2D eigenvalue weighted by atomic mass is 10.4. The van der Waals surface area contributed by atoms with Gasteiger partial charge >= 0.3 is 0 Å². The minimum Gasteiger partial charge on any atom is -0.229 e. The van der Waals surface area contributed by atoms with Crippen molar-refractivity contribution in [2.45, 2.75) is 9.79 Å². The maximum Gasteiger partial charge on any atom is 0.151 e. The van der Waals surface area contributed by atoms with Crippen molar-refractivity contribution in [2.75, 3.05) is 23.0 Å². The summed E-state index contributed by atoms with van der Waals surface area (Å²) in [5.74, 6) is 1.70. The van der Waals surface area contributed by atoms with Crippen LogP contribution in [0.25, 0.3) is 0 Å². The smallest absolute Gasteiger partial charge is 0.151 e. The molecule has 2 aromatic rings. The molecule has 0 aliphatic heterocycles. The van der Waals surface area contributed by atoms with Crippen LogP contribution in [-0.2, 0) is 9.84 Å². The van der Waals surface area contributed by atoms with Crippen LogP contribution in [0.15, 0.2) is 70.5 Å². The third kappa shape index (κ3) is 6.59. The van der Waals surface area contributed by atoms with E-state index < -0.39 is 9.84 Å². The summed E-state index contributed by atoms with van der Waals surface area (Å²) in [6.07, 6.45) is 0. The molecular weight excluding hydrogens is 320 g/mol. The zero-order chi connectivity index (χ0) is 15.0. The number of rotatable bonds is 8. The lowest BCUT2D eigenvalue weighted by molar-refractivity contribution is 0.599. The molecule has 2 aromatic carbocycles. The largest absolute Gasteiger partial charge is 0.229 e. The van der Waals surface area contributed by atoms with E-state index in [1.165, 1.54) is 0 Å². The molecule has 0 unspecified atom stereocenters. The molecule has 0 atom stereocenters. The highest BCUT2D eigenvalue weighted by atomic mass is 32.2. The van der Waals surface area contributed by atoms with Gasteiger partial charge in [-0.2, -0.15) is 0 Å². The Morgan fingerprint density at radius 2 is 1.05 bits per heavy atom. The molecule has 2 nitrogen and oxygen atoms in total. The maximum atomic E-state index is 12.0. The van der Waals surface area contributed by atoms with Gasteiger partial charge in [-0.3, -0.25) is 0 Å². The minimum atomic E-state index is -2.96. The maximum absolute atomic E-state index is 12.0. The second kappa shape index (κ2) is 8.51. The summed E-state index contributed by atoms with van der Waals surface area (Å²) in [4.78, 5) is 2.23. The highest BCUT2D eigenvalue weighted by Crippen LogP contribution is 2.19. The Morgan fingerprint density at radius 3 is 1.43 bits per heavy atom. The van der Waals surface area contributed by atoms with Gasteiger partial charge < -0.3 is 0 Å². The van der Waals surface area contributed by atoms with Crippen LogP contribution in [-0.4, -0.2) is 31.4 Å². The average Bonchev–Trinajstić information content (AvgIpc) is 2.49. The summed E-state index contributed by atoms with van der Waals surface area (Å²) < 4.78 is 24.0. The number of hydrogen-bond acceptors (Lipinski definition) is 4. The molecule has 0 aliphatic rings. The van der Waals surface area contributed by atoms with E-state index in [0.717, 1.165) is 9.79 Å². The topological polar surface area (TPSA) is 34.1 Å². The summed E-state index contributed by atoms with van der Waals surface area (Å²) in [7, 11) is -2.96. The van der Waals surface area contributed by atoms with Gasteiger partial charge in [-0.25, -0.2) is 8.42 Å². The van der Waals surface area contributed by atoms with Crippen molar-refractivity contribution < 1.29 is 8.42 Å². The molecule has 0 fully saturated rings. The van der Waals surface area contributed by atoms with E-state index in [0.29, 0.717) is 11.5 Å². The Kier molecular flexibility index (Phi) is 6.67. The Labute approximate surface area is 135 Å². The Hall–Kier alpha value is -0.910. The summed E-state index contributed by atoms with van der Waals surface area (Å²) in [5.41, 5.74) is 0. The first-order chi connectivity index (χ1) is 10.2.